The normalized spacial score (nSPS) is 17.7. The number of imidazole rings is 1. The molecule has 3 aromatic heterocycles. The smallest absolute Gasteiger partial charge is 0.218 e. The van der Waals surface area contributed by atoms with Crippen LogP contribution in [0.1, 0.15) is 18.0 Å². The fourth-order valence-electron chi connectivity index (χ4n) is 3.91. The van der Waals surface area contributed by atoms with Gasteiger partial charge in [0.1, 0.15) is 5.52 Å². The minimum absolute atomic E-state index is 0.0507. The van der Waals surface area contributed by atoms with Gasteiger partial charge in [-0.3, -0.25) is 0 Å². The number of hydrogen-bond donors (Lipinski definition) is 0. The van der Waals surface area contributed by atoms with Gasteiger partial charge in [0.05, 0.1) is 18.1 Å². The predicted octanol–water partition coefficient (Wildman–Crippen LogP) is 4.12. The summed E-state index contributed by atoms with van der Waals surface area (Å²) in [7, 11) is -3.46. The van der Waals surface area contributed by atoms with E-state index in [0.29, 0.717) is 41.7 Å². The average molecular weight is 443 g/mol. The Balaban J connectivity index is 1.45. The summed E-state index contributed by atoms with van der Waals surface area (Å²) in [6, 6.07) is 14.2. The highest BCUT2D eigenvalue weighted by Crippen LogP contribution is 2.33. The number of nitrogens with zero attached hydrogens (tertiary/aromatic N) is 4. The number of rotatable bonds is 5. The molecule has 154 valence electrons. The van der Waals surface area contributed by atoms with Crippen molar-refractivity contribution in [3.8, 4) is 11.6 Å². The van der Waals surface area contributed by atoms with Crippen LogP contribution in [-0.2, 0) is 15.8 Å². The van der Waals surface area contributed by atoms with Crippen molar-refractivity contribution in [2.24, 2.45) is 0 Å². The average Bonchev–Trinajstić information content (AvgIpc) is 3.48. The molecule has 0 saturated carbocycles. The molecule has 9 heteroatoms. The van der Waals surface area contributed by atoms with Crippen molar-refractivity contribution in [3.63, 3.8) is 0 Å². The number of pyridine rings is 1. The van der Waals surface area contributed by atoms with Crippen molar-refractivity contribution in [1.29, 1.82) is 0 Å². The summed E-state index contributed by atoms with van der Waals surface area (Å²) in [6.45, 7) is 0.816. The molecule has 1 aliphatic heterocycles. The number of sulfonamides is 1. The first-order chi connectivity index (χ1) is 14.5. The molecule has 1 saturated heterocycles. The first kappa shape index (κ1) is 19.3. The van der Waals surface area contributed by atoms with Crippen molar-refractivity contribution < 1.29 is 12.8 Å². The summed E-state index contributed by atoms with van der Waals surface area (Å²) in [5.74, 6) is 1.25. The van der Waals surface area contributed by atoms with Crippen LogP contribution in [0.5, 0.6) is 0 Å². The van der Waals surface area contributed by atoms with Gasteiger partial charge in [0.15, 0.2) is 17.2 Å². The van der Waals surface area contributed by atoms with Gasteiger partial charge < -0.3 is 8.98 Å². The summed E-state index contributed by atoms with van der Waals surface area (Å²) >= 11 is 5.91. The van der Waals surface area contributed by atoms with E-state index in [0.717, 1.165) is 11.2 Å². The Morgan fingerprint density at radius 3 is 2.73 bits per heavy atom. The van der Waals surface area contributed by atoms with Crippen molar-refractivity contribution in [2.45, 2.75) is 18.2 Å². The van der Waals surface area contributed by atoms with E-state index in [2.05, 4.69) is 9.97 Å². The Morgan fingerprint density at radius 2 is 1.97 bits per heavy atom. The Bertz CT molecular complexity index is 1280. The molecule has 4 aromatic rings. The number of aromatic nitrogens is 3. The monoisotopic (exact) mass is 442 g/mol. The molecular weight excluding hydrogens is 424 g/mol. The molecule has 0 unspecified atom stereocenters. The molecule has 0 N–H and O–H groups in total. The van der Waals surface area contributed by atoms with Crippen molar-refractivity contribution in [1.82, 2.24) is 18.8 Å². The predicted molar refractivity (Wildman–Crippen MR) is 115 cm³/mol. The summed E-state index contributed by atoms with van der Waals surface area (Å²) in [5.41, 5.74) is 2.20. The molecule has 5 rings (SSSR count). The lowest BCUT2D eigenvalue weighted by atomic mass is 10.2. The van der Waals surface area contributed by atoms with Crippen molar-refractivity contribution in [3.05, 3.63) is 71.6 Å². The Kier molecular flexibility index (Phi) is 4.85. The fourth-order valence-corrected chi connectivity index (χ4v) is 5.62. The lowest BCUT2D eigenvalue weighted by molar-refractivity contribution is 0.453. The zero-order valence-electron chi connectivity index (χ0n) is 16.0. The van der Waals surface area contributed by atoms with Gasteiger partial charge in [0.2, 0.25) is 10.0 Å². The van der Waals surface area contributed by atoms with Crippen molar-refractivity contribution >= 4 is 32.8 Å². The topological polar surface area (TPSA) is 81.2 Å². The summed E-state index contributed by atoms with van der Waals surface area (Å²) in [5, 5.41) is 0.585. The van der Waals surface area contributed by atoms with Gasteiger partial charge >= 0.3 is 0 Å². The van der Waals surface area contributed by atoms with Crippen LogP contribution < -0.4 is 0 Å². The van der Waals surface area contributed by atoms with Gasteiger partial charge in [-0.25, -0.2) is 18.4 Å². The standard InChI is InChI=1S/C21H19ClN4O3S/c22-16-7-5-15(6-8-16)14-30(27,28)25-11-9-17(13-25)26-20-18(3-1-10-23-20)24-21(26)19-4-2-12-29-19/h1-8,10,12,17H,9,11,13-14H2/t17-/m0/s1. The van der Waals surface area contributed by atoms with Gasteiger partial charge in [0.25, 0.3) is 0 Å². The number of halogens is 1. The van der Waals surface area contributed by atoms with Crippen LogP contribution in [-0.4, -0.2) is 40.3 Å². The number of fused-ring (bicyclic) bond motifs is 1. The molecule has 0 aliphatic carbocycles. The molecule has 30 heavy (non-hydrogen) atoms. The zero-order valence-corrected chi connectivity index (χ0v) is 17.6. The lowest BCUT2D eigenvalue weighted by Gasteiger charge is -2.18. The molecular formula is C21H19ClN4O3S. The second-order valence-corrected chi connectivity index (χ2v) is 9.72. The van der Waals surface area contributed by atoms with E-state index in [4.69, 9.17) is 16.0 Å². The summed E-state index contributed by atoms with van der Waals surface area (Å²) in [4.78, 5) is 9.19. The first-order valence-corrected chi connectivity index (χ1v) is 11.6. The molecule has 1 atom stereocenters. The van der Waals surface area contributed by atoms with E-state index in [9.17, 15) is 8.42 Å². The minimum Gasteiger partial charge on any atom is -0.461 e. The van der Waals surface area contributed by atoms with E-state index < -0.39 is 10.0 Å². The van der Waals surface area contributed by atoms with Crippen LogP contribution in [0.15, 0.2) is 65.4 Å². The SMILES string of the molecule is O=S(=O)(Cc1ccc(Cl)cc1)N1CC[C@H](n2c(-c3ccco3)nc3cccnc32)C1. The quantitative estimate of drug-likeness (QED) is 0.464. The number of hydrogen-bond acceptors (Lipinski definition) is 5. The van der Waals surface area contributed by atoms with E-state index in [1.54, 1.807) is 41.0 Å². The summed E-state index contributed by atoms with van der Waals surface area (Å²) in [6.07, 6.45) is 4.00. The van der Waals surface area contributed by atoms with Crippen molar-refractivity contribution in [2.75, 3.05) is 13.1 Å². The molecule has 1 aliphatic rings. The van der Waals surface area contributed by atoms with E-state index in [1.165, 1.54) is 0 Å². The van der Waals surface area contributed by atoms with Crippen LogP contribution in [0.25, 0.3) is 22.7 Å². The van der Waals surface area contributed by atoms with Gasteiger partial charge in [-0.2, -0.15) is 4.31 Å². The molecule has 1 aromatic carbocycles. The molecule has 1 fully saturated rings. The Labute approximate surface area is 179 Å². The highest BCUT2D eigenvalue weighted by Gasteiger charge is 2.34. The fraction of sp³-hybridized carbons (Fsp3) is 0.238. The Hall–Kier alpha value is -2.68. The molecule has 0 amide bonds. The third-order valence-corrected chi connectivity index (χ3v) is 7.41. The highest BCUT2D eigenvalue weighted by atomic mass is 35.5. The number of benzene rings is 1. The van der Waals surface area contributed by atoms with Crippen LogP contribution in [0, 0.1) is 0 Å². The molecule has 7 nitrogen and oxygen atoms in total. The van der Waals surface area contributed by atoms with E-state index >= 15 is 0 Å². The van der Waals surface area contributed by atoms with Crippen LogP contribution in [0.2, 0.25) is 5.02 Å². The molecule has 0 radical (unpaired) electrons. The summed E-state index contributed by atoms with van der Waals surface area (Å²) < 4.78 is 35.2. The number of furan rings is 1. The van der Waals surface area contributed by atoms with Gasteiger partial charge in [-0.1, -0.05) is 23.7 Å². The second kappa shape index (κ2) is 7.54. The van der Waals surface area contributed by atoms with Crippen LogP contribution in [0.3, 0.4) is 0 Å². The highest BCUT2D eigenvalue weighted by molar-refractivity contribution is 7.88. The van der Waals surface area contributed by atoms with Gasteiger partial charge in [-0.15, -0.1) is 0 Å². The van der Waals surface area contributed by atoms with E-state index in [1.807, 2.05) is 28.8 Å². The maximum Gasteiger partial charge on any atom is 0.218 e. The minimum atomic E-state index is -3.46. The first-order valence-electron chi connectivity index (χ1n) is 9.60. The third-order valence-electron chi connectivity index (χ3n) is 5.34. The molecule has 0 spiro atoms. The van der Waals surface area contributed by atoms with Gasteiger partial charge in [0, 0.05) is 24.3 Å². The van der Waals surface area contributed by atoms with Crippen LogP contribution >= 0.6 is 11.6 Å². The maximum atomic E-state index is 13.0. The molecule has 0 bridgehead atoms. The third kappa shape index (κ3) is 3.51. The largest absolute Gasteiger partial charge is 0.461 e. The van der Waals surface area contributed by atoms with Gasteiger partial charge in [-0.05, 0) is 48.4 Å². The Morgan fingerprint density at radius 1 is 1.13 bits per heavy atom. The van der Waals surface area contributed by atoms with E-state index in [-0.39, 0.29) is 11.8 Å². The second-order valence-electron chi connectivity index (χ2n) is 7.31. The molecule has 4 heterocycles. The lowest BCUT2D eigenvalue weighted by Crippen LogP contribution is -2.30. The maximum absolute atomic E-state index is 13.0. The zero-order chi connectivity index (χ0) is 20.7. The van der Waals surface area contributed by atoms with Crippen LogP contribution in [0.4, 0.5) is 0 Å².